The van der Waals surface area contributed by atoms with Gasteiger partial charge < -0.3 is 10.3 Å². The van der Waals surface area contributed by atoms with Crippen molar-refractivity contribution in [3.8, 4) is 0 Å². The molecule has 0 saturated heterocycles. The highest BCUT2D eigenvalue weighted by Crippen LogP contribution is 2.13. The molecule has 3 rings (SSSR count). The fourth-order valence-corrected chi connectivity index (χ4v) is 3.13. The van der Waals surface area contributed by atoms with Crippen molar-refractivity contribution < 1.29 is 0 Å². The summed E-state index contributed by atoms with van der Waals surface area (Å²) in [6.45, 7) is 2.74. The number of H-pyrrole nitrogens is 1. The number of aromatic nitrogens is 2. The van der Waals surface area contributed by atoms with Crippen molar-refractivity contribution in [3.05, 3.63) is 63.5 Å². The second-order valence-electron chi connectivity index (χ2n) is 5.45. The molecule has 0 aliphatic heterocycles. The first kappa shape index (κ1) is 14.9. The van der Waals surface area contributed by atoms with E-state index in [9.17, 15) is 4.79 Å². The first-order chi connectivity index (χ1) is 10.7. The highest BCUT2D eigenvalue weighted by molar-refractivity contribution is 7.17. The summed E-state index contributed by atoms with van der Waals surface area (Å²) in [5, 5.41) is 5.32. The summed E-state index contributed by atoms with van der Waals surface area (Å²) in [5.41, 5.74) is 2.08. The van der Waals surface area contributed by atoms with Crippen LogP contribution >= 0.6 is 11.3 Å². The number of fused-ring (bicyclic) bond motifs is 1. The molecule has 0 fully saturated rings. The third-order valence-electron chi connectivity index (χ3n) is 3.69. The van der Waals surface area contributed by atoms with E-state index >= 15 is 0 Å². The Kier molecular flexibility index (Phi) is 4.65. The van der Waals surface area contributed by atoms with E-state index in [1.165, 1.54) is 16.9 Å². The molecule has 2 aromatic heterocycles. The minimum atomic E-state index is -0.0475. The van der Waals surface area contributed by atoms with Crippen LogP contribution in [-0.4, -0.2) is 16.0 Å². The van der Waals surface area contributed by atoms with Gasteiger partial charge in [-0.3, -0.25) is 4.79 Å². The van der Waals surface area contributed by atoms with Crippen LogP contribution in [0.15, 0.2) is 46.6 Å². The van der Waals surface area contributed by atoms with Gasteiger partial charge in [-0.15, -0.1) is 11.3 Å². The molecule has 0 amide bonds. The molecule has 0 aliphatic carbocycles. The van der Waals surface area contributed by atoms with Crippen molar-refractivity contribution in [2.24, 2.45) is 0 Å². The number of aromatic amines is 1. The zero-order chi connectivity index (χ0) is 15.4. The number of nitrogens with zero attached hydrogens (tertiary/aromatic N) is 1. The normalized spacial score (nSPS) is 12.6. The van der Waals surface area contributed by atoms with Crippen LogP contribution in [0, 0.1) is 0 Å². The molecule has 1 atom stereocenters. The van der Waals surface area contributed by atoms with Gasteiger partial charge in [0, 0.05) is 6.04 Å². The third kappa shape index (κ3) is 3.61. The van der Waals surface area contributed by atoms with E-state index in [0.29, 0.717) is 23.1 Å². The molecular weight excluding hydrogens is 294 g/mol. The molecular formula is C17H19N3OS. The Bertz CT molecular complexity index is 794. The Balaban J connectivity index is 1.55. The summed E-state index contributed by atoms with van der Waals surface area (Å²) >= 11 is 1.43. The summed E-state index contributed by atoms with van der Waals surface area (Å²) in [6, 6.07) is 12.7. The summed E-state index contributed by atoms with van der Waals surface area (Å²) in [5.74, 6) is 0.697. The lowest BCUT2D eigenvalue weighted by atomic mass is 10.1. The predicted octanol–water partition coefficient (Wildman–Crippen LogP) is 3.10. The topological polar surface area (TPSA) is 57.8 Å². The average molecular weight is 313 g/mol. The Morgan fingerprint density at radius 3 is 2.91 bits per heavy atom. The van der Waals surface area contributed by atoms with Crippen LogP contribution < -0.4 is 10.9 Å². The smallest absolute Gasteiger partial charge is 0.268 e. The molecule has 5 heteroatoms. The van der Waals surface area contributed by atoms with Crippen molar-refractivity contribution in [3.63, 3.8) is 0 Å². The fourth-order valence-electron chi connectivity index (χ4n) is 2.41. The van der Waals surface area contributed by atoms with E-state index in [1.54, 1.807) is 0 Å². The van der Waals surface area contributed by atoms with Crippen LogP contribution in [0.4, 0.5) is 0 Å². The quantitative estimate of drug-likeness (QED) is 0.735. The number of thiophene rings is 1. The minimum absolute atomic E-state index is 0.0475. The van der Waals surface area contributed by atoms with E-state index in [2.05, 4.69) is 46.5 Å². The van der Waals surface area contributed by atoms with Crippen LogP contribution in [-0.2, 0) is 13.0 Å². The number of nitrogens with one attached hydrogen (secondary N) is 2. The summed E-state index contributed by atoms with van der Waals surface area (Å²) in [4.78, 5) is 19.2. The first-order valence-corrected chi connectivity index (χ1v) is 8.34. The number of benzene rings is 1. The fraction of sp³-hybridized carbons (Fsp3) is 0.294. The minimum Gasteiger partial charge on any atom is -0.308 e. The molecule has 4 nitrogen and oxygen atoms in total. The molecule has 1 aromatic carbocycles. The molecule has 0 saturated carbocycles. The molecule has 3 aromatic rings. The van der Waals surface area contributed by atoms with Crippen molar-refractivity contribution in [1.29, 1.82) is 0 Å². The predicted molar refractivity (Wildman–Crippen MR) is 91.3 cm³/mol. The molecule has 114 valence electrons. The van der Waals surface area contributed by atoms with E-state index < -0.39 is 0 Å². The molecule has 22 heavy (non-hydrogen) atoms. The molecule has 0 aliphatic rings. The van der Waals surface area contributed by atoms with E-state index in [-0.39, 0.29) is 5.56 Å². The summed E-state index contributed by atoms with van der Waals surface area (Å²) < 4.78 is 0.695. The Morgan fingerprint density at radius 1 is 1.27 bits per heavy atom. The van der Waals surface area contributed by atoms with Crippen molar-refractivity contribution in [1.82, 2.24) is 15.3 Å². The van der Waals surface area contributed by atoms with Crippen LogP contribution in [0.1, 0.15) is 24.7 Å². The maximum absolute atomic E-state index is 11.9. The summed E-state index contributed by atoms with van der Waals surface area (Å²) in [7, 11) is 0. The molecule has 0 radical (unpaired) electrons. The maximum atomic E-state index is 11.9. The van der Waals surface area contributed by atoms with Gasteiger partial charge >= 0.3 is 0 Å². The molecule has 2 heterocycles. The highest BCUT2D eigenvalue weighted by Gasteiger charge is 2.07. The Labute approximate surface area is 133 Å². The third-order valence-corrected chi connectivity index (χ3v) is 4.59. The maximum Gasteiger partial charge on any atom is 0.268 e. The van der Waals surface area contributed by atoms with E-state index in [0.717, 1.165) is 18.4 Å². The molecule has 1 unspecified atom stereocenters. The van der Waals surface area contributed by atoms with Crippen LogP contribution in [0.2, 0.25) is 0 Å². The van der Waals surface area contributed by atoms with E-state index in [1.807, 2.05) is 17.5 Å². The van der Waals surface area contributed by atoms with Gasteiger partial charge in [0.2, 0.25) is 0 Å². The van der Waals surface area contributed by atoms with Crippen LogP contribution in [0.3, 0.4) is 0 Å². The van der Waals surface area contributed by atoms with Gasteiger partial charge in [-0.2, -0.15) is 0 Å². The van der Waals surface area contributed by atoms with Crippen LogP contribution in [0.25, 0.3) is 10.2 Å². The lowest BCUT2D eigenvalue weighted by Crippen LogP contribution is -2.28. The lowest BCUT2D eigenvalue weighted by Gasteiger charge is -2.13. The van der Waals surface area contributed by atoms with Crippen LogP contribution in [0.5, 0.6) is 0 Å². The SMILES string of the molecule is CC(CCc1ccccc1)NCc1nc2ccsc2c(=O)[nH]1. The van der Waals surface area contributed by atoms with Crippen molar-refractivity contribution in [2.75, 3.05) is 0 Å². The standard InChI is InChI=1S/C17H19N3OS/c1-12(7-8-13-5-3-2-4-6-13)18-11-15-19-14-9-10-22-16(14)17(21)20-15/h2-6,9-10,12,18H,7-8,11H2,1H3,(H,19,20,21). The summed E-state index contributed by atoms with van der Waals surface area (Å²) in [6.07, 6.45) is 2.09. The van der Waals surface area contributed by atoms with E-state index in [4.69, 9.17) is 0 Å². The van der Waals surface area contributed by atoms with Gasteiger partial charge in [0.1, 0.15) is 10.5 Å². The second kappa shape index (κ2) is 6.85. The van der Waals surface area contributed by atoms with Gasteiger partial charge in [0.05, 0.1) is 12.1 Å². The average Bonchev–Trinajstić information content (AvgIpc) is 3.01. The first-order valence-electron chi connectivity index (χ1n) is 7.46. The Hall–Kier alpha value is -1.98. The monoisotopic (exact) mass is 313 g/mol. The molecule has 0 spiro atoms. The highest BCUT2D eigenvalue weighted by atomic mass is 32.1. The number of hydrogen-bond acceptors (Lipinski definition) is 4. The van der Waals surface area contributed by atoms with Gasteiger partial charge in [0.15, 0.2) is 0 Å². The van der Waals surface area contributed by atoms with Gasteiger partial charge in [-0.25, -0.2) is 4.98 Å². The largest absolute Gasteiger partial charge is 0.308 e. The van der Waals surface area contributed by atoms with Gasteiger partial charge in [-0.05, 0) is 36.8 Å². The molecule has 2 N–H and O–H groups in total. The zero-order valence-corrected chi connectivity index (χ0v) is 13.3. The Morgan fingerprint density at radius 2 is 2.09 bits per heavy atom. The van der Waals surface area contributed by atoms with Gasteiger partial charge in [0.25, 0.3) is 5.56 Å². The van der Waals surface area contributed by atoms with Gasteiger partial charge in [-0.1, -0.05) is 30.3 Å². The second-order valence-corrected chi connectivity index (χ2v) is 6.37. The molecule has 0 bridgehead atoms. The number of rotatable bonds is 6. The number of aryl methyl sites for hydroxylation is 1. The van der Waals surface area contributed by atoms with Crippen molar-refractivity contribution in [2.45, 2.75) is 32.4 Å². The zero-order valence-electron chi connectivity index (χ0n) is 12.5. The lowest BCUT2D eigenvalue weighted by molar-refractivity contribution is 0.505. The number of hydrogen-bond donors (Lipinski definition) is 2. The van der Waals surface area contributed by atoms with Crippen molar-refractivity contribution >= 4 is 21.6 Å².